The number of benzene rings is 2. The third kappa shape index (κ3) is 3.90. The minimum Gasteiger partial charge on any atom is -0.367 e. The number of hydrogen-bond acceptors (Lipinski definition) is 4. The quantitative estimate of drug-likeness (QED) is 0.690. The number of nitrogens with zero attached hydrogens (tertiary/aromatic N) is 2. The third-order valence-electron chi connectivity index (χ3n) is 4.84. The van der Waals surface area contributed by atoms with E-state index in [-0.39, 0.29) is 0 Å². The van der Waals surface area contributed by atoms with Crippen LogP contribution in [0.25, 0.3) is 10.9 Å². The third-order valence-corrected chi connectivity index (χ3v) is 4.84. The van der Waals surface area contributed by atoms with Crippen LogP contribution >= 0.6 is 0 Å². The molecular weight excluding hydrogens is 308 g/mol. The van der Waals surface area contributed by atoms with Crippen LogP contribution in [0.2, 0.25) is 0 Å². The monoisotopic (exact) mass is 332 g/mol. The fourth-order valence-electron chi connectivity index (χ4n) is 3.49. The van der Waals surface area contributed by atoms with E-state index >= 15 is 0 Å². The van der Waals surface area contributed by atoms with E-state index in [2.05, 4.69) is 52.0 Å². The largest absolute Gasteiger partial charge is 0.367 e. The molecule has 25 heavy (non-hydrogen) atoms. The fraction of sp³-hybridized carbons (Fsp3) is 0.333. The molecule has 1 fully saturated rings. The van der Waals surface area contributed by atoms with E-state index in [9.17, 15) is 0 Å². The average Bonchev–Trinajstić information content (AvgIpc) is 3.16. The van der Waals surface area contributed by atoms with Crippen molar-refractivity contribution >= 4 is 22.7 Å². The van der Waals surface area contributed by atoms with Crippen molar-refractivity contribution in [1.29, 1.82) is 0 Å². The topological polar surface area (TPSA) is 49.8 Å². The lowest BCUT2D eigenvalue weighted by molar-refractivity contribution is 0.751. The van der Waals surface area contributed by atoms with Crippen molar-refractivity contribution in [1.82, 2.24) is 9.97 Å². The van der Waals surface area contributed by atoms with E-state index in [4.69, 9.17) is 4.98 Å². The molecule has 2 aromatic carbocycles. The summed E-state index contributed by atoms with van der Waals surface area (Å²) in [6.45, 7) is 0.825. The van der Waals surface area contributed by atoms with Gasteiger partial charge in [-0.2, -0.15) is 4.98 Å². The van der Waals surface area contributed by atoms with Gasteiger partial charge in [0.2, 0.25) is 5.95 Å². The number of anilines is 2. The highest BCUT2D eigenvalue weighted by Crippen LogP contribution is 2.26. The molecule has 0 radical (unpaired) electrons. The molecule has 4 nitrogen and oxygen atoms in total. The second-order valence-electron chi connectivity index (χ2n) is 6.70. The summed E-state index contributed by atoms with van der Waals surface area (Å²) in [5.74, 6) is 1.66. The lowest BCUT2D eigenvalue weighted by Crippen LogP contribution is -2.17. The molecule has 4 rings (SSSR count). The molecule has 1 aliphatic rings. The minimum absolute atomic E-state index is 0.537. The Kier molecular flexibility index (Phi) is 4.77. The molecule has 1 aliphatic carbocycles. The van der Waals surface area contributed by atoms with Gasteiger partial charge in [-0.25, -0.2) is 4.98 Å². The van der Waals surface area contributed by atoms with Crippen LogP contribution in [0.1, 0.15) is 31.2 Å². The van der Waals surface area contributed by atoms with Crippen molar-refractivity contribution in [3.05, 3.63) is 60.2 Å². The van der Waals surface area contributed by atoms with E-state index < -0.39 is 0 Å². The SMILES string of the molecule is c1ccc(CCNc2nc(NC3CCCC3)c3ccccc3n2)cc1. The van der Waals surface area contributed by atoms with Gasteiger partial charge in [-0.05, 0) is 37.0 Å². The molecule has 128 valence electrons. The van der Waals surface area contributed by atoms with Crippen molar-refractivity contribution < 1.29 is 0 Å². The molecule has 3 aromatic rings. The van der Waals surface area contributed by atoms with Gasteiger partial charge in [-0.3, -0.25) is 0 Å². The van der Waals surface area contributed by atoms with E-state index in [1.54, 1.807) is 0 Å². The van der Waals surface area contributed by atoms with Crippen LogP contribution in [0.15, 0.2) is 54.6 Å². The average molecular weight is 332 g/mol. The number of aromatic nitrogens is 2. The zero-order chi connectivity index (χ0) is 16.9. The Labute approximate surface area is 148 Å². The number of fused-ring (bicyclic) bond motifs is 1. The maximum Gasteiger partial charge on any atom is 0.225 e. The second-order valence-corrected chi connectivity index (χ2v) is 6.70. The van der Waals surface area contributed by atoms with Crippen molar-refractivity contribution in [2.45, 2.75) is 38.1 Å². The summed E-state index contributed by atoms with van der Waals surface area (Å²) in [6.07, 6.45) is 6.04. The Morgan fingerprint density at radius 3 is 2.48 bits per heavy atom. The molecule has 0 saturated heterocycles. The predicted octanol–water partition coefficient (Wildman–Crippen LogP) is 4.64. The van der Waals surface area contributed by atoms with Gasteiger partial charge in [0.25, 0.3) is 0 Å². The number of hydrogen-bond donors (Lipinski definition) is 2. The Morgan fingerprint density at radius 2 is 1.64 bits per heavy atom. The van der Waals surface area contributed by atoms with Gasteiger partial charge in [0.1, 0.15) is 5.82 Å². The van der Waals surface area contributed by atoms with Gasteiger partial charge in [-0.1, -0.05) is 55.3 Å². The highest BCUT2D eigenvalue weighted by molar-refractivity contribution is 5.90. The molecule has 0 atom stereocenters. The molecule has 0 bridgehead atoms. The number of para-hydroxylation sites is 1. The summed E-state index contributed by atoms with van der Waals surface area (Å²) in [5.41, 5.74) is 2.31. The minimum atomic E-state index is 0.537. The fourth-order valence-corrected chi connectivity index (χ4v) is 3.49. The van der Waals surface area contributed by atoms with E-state index in [0.29, 0.717) is 12.0 Å². The number of rotatable bonds is 6. The van der Waals surface area contributed by atoms with Gasteiger partial charge in [0.05, 0.1) is 5.52 Å². The van der Waals surface area contributed by atoms with E-state index in [1.807, 2.05) is 18.2 Å². The van der Waals surface area contributed by atoms with Crippen LogP contribution in [0.3, 0.4) is 0 Å². The Bertz CT molecular complexity index is 826. The van der Waals surface area contributed by atoms with Gasteiger partial charge in [-0.15, -0.1) is 0 Å². The molecule has 1 aromatic heterocycles. The van der Waals surface area contributed by atoms with E-state index in [0.717, 1.165) is 29.7 Å². The van der Waals surface area contributed by atoms with Crippen molar-refractivity contribution in [2.75, 3.05) is 17.2 Å². The van der Waals surface area contributed by atoms with Gasteiger partial charge >= 0.3 is 0 Å². The Hall–Kier alpha value is -2.62. The molecule has 2 N–H and O–H groups in total. The molecule has 1 saturated carbocycles. The highest BCUT2D eigenvalue weighted by Gasteiger charge is 2.17. The summed E-state index contributed by atoms with van der Waals surface area (Å²) in [4.78, 5) is 9.44. The Balaban J connectivity index is 1.52. The molecule has 0 spiro atoms. The highest BCUT2D eigenvalue weighted by atomic mass is 15.1. The van der Waals surface area contributed by atoms with Crippen molar-refractivity contribution in [2.24, 2.45) is 0 Å². The van der Waals surface area contributed by atoms with Gasteiger partial charge < -0.3 is 10.6 Å². The van der Waals surface area contributed by atoms with Crippen LogP contribution in [0.5, 0.6) is 0 Å². The standard InChI is InChI=1S/C21H24N4/c1-2-8-16(9-3-1)14-15-22-21-24-19-13-7-6-12-18(19)20(25-21)23-17-10-4-5-11-17/h1-3,6-9,12-13,17H,4-5,10-11,14-15H2,(H2,22,23,24,25). The predicted molar refractivity (Wildman–Crippen MR) is 104 cm³/mol. The molecule has 0 amide bonds. The molecular formula is C21H24N4. The van der Waals surface area contributed by atoms with Gasteiger partial charge in [0, 0.05) is 18.0 Å². The van der Waals surface area contributed by atoms with Crippen LogP contribution in [-0.4, -0.2) is 22.6 Å². The maximum absolute atomic E-state index is 4.76. The normalized spacial score (nSPS) is 14.7. The smallest absolute Gasteiger partial charge is 0.225 e. The lowest BCUT2D eigenvalue weighted by Gasteiger charge is -2.16. The lowest BCUT2D eigenvalue weighted by atomic mass is 10.1. The zero-order valence-corrected chi connectivity index (χ0v) is 14.4. The summed E-state index contributed by atoms with van der Waals surface area (Å²) in [5, 5.41) is 8.13. The van der Waals surface area contributed by atoms with Gasteiger partial charge in [0.15, 0.2) is 0 Å². The molecule has 0 aliphatic heterocycles. The van der Waals surface area contributed by atoms with Crippen molar-refractivity contribution in [3.63, 3.8) is 0 Å². The molecule has 0 unspecified atom stereocenters. The zero-order valence-electron chi connectivity index (χ0n) is 14.4. The van der Waals surface area contributed by atoms with Crippen LogP contribution in [0.4, 0.5) is 11.8 Å². The van der Waals surface area contributed by atoms with Crippen LogP contribution in [0, 0.1) is 0 Å². The van der Waals surface area contributed by atoms with Crippen LogP contribution < -0.4 is 10.6 Å². The van der Waals surface area contributed by atoms with E-state index in [1.165, 1.54) is 31.2 Å². The first-order valence-electron chi connectivity index (χ1n) is 9.19. The molecule has 1 heterocycles. The Morgan fingerprint density at radius 1 is 0.880 bits per heavy atom. The summed E-state index contributed by atoms with van der Waals surface area (Å²) >= 11 is 0. The summed E-state index contributed by atoms with van der Waals surface area (Å²) < 4.78 is 0. The summed E-state index contributed by atoms with van der Waals surface area (Å²) in [7, 11) is 0. The second kappa shape index (κ2) is 7.51. The number of nitrogens with one attached hydrogen (secondary N) is 2. The maximum atomic E-state index is 4.76. The first-order chi connectivity index (χ1) is 12.4. The molecule has 4 heteroatoms. The van der Waals surface area contributed by atoms with Crippen LogP contribution in [-0.2, 0) is 6.42 Å². The van der Waals surface area contributed by atoms with Crippen molar-refractivity contribution in [3.8, 4) is 0 Å². The first-order valence-corrected chi connectivity index (χ1v) is 9.19. The first kappa shape index (κ1) is 15.9. The summed E-state index contributed by atoms with van der Waals surface area (Å²) in [6, 6.07) is 19.3.